The van der Waals surface area contributed by atoms with E-state index in [1.165, 1.54) is 16.2 Å². The smallest absolute Gasteiger partial charge is 0.408 e. The van der Waals surface area contributed by atoms with E-state index in [4.69, 9.17) is 9.15 Å². The van der Waals surface area contributed by atoms with E-state index in [0.29, 0.717) is 17.5 Å². The molecule has 9 heteroatoms. The number of carbonyl (C=O) groups excluding carboxylic acids is 2. The summed E-state index contributed by atoms with van der Waals surface area (Å²) in [6.07, 6.45) is -0.314. The number of fused-ring (bicyclic) bond motifs is 1. The lowest BCUT2D eigenvalue weighted by Gasteiger charge is -2.30. The largest absolute Gasteiger partial charge is 0.444 e. The maximum atomic E-state index is 13.6. The fourth-order valence-electron chi connectivity index (χ4n) is 3.30. The van der Waals surface area contributed by atoms with Crippen molar-refractivity contribution in [2.75, 3.05) is 6.54 Å². The molecule has 178 valence electrons. The van der Waals surface area contributed by atoms with Gasteiger partial charge in [0.1, 0.15) is 17.2 Å². The average molecular weight is 474 g/mol. The predicted octanol–water partition coefficient (Wildman–Crippen LogP) is 4.64. The molecule has 0 saturated heterocycles. The lowest BCUT2D eigenvalue weighted by atomic mass is 10.1. The number of carbonyl (C=O) groups is 2. The molecule has 3 rings (SSSR count). The van der Waals surface area contributed by atoms with Crippen LogP contribution in [0, 0.1) is 0 Å². The summed E-state index contributed by atoms with van der Waals surface area (Å²) in [5.41, 5.74) is 0.410. The second-order valence-electron chi connectivity index (χ2n) is 8.76. The molecule has 2 amide bonds. The van der Waals surface area contributed by atoms with E-state index in [2.05, 4.69) is 10.3 Å². The van der Waals surface area contributed by atoms with Gasteiger partial charge in [0.05, 0.1) is 0 Å². The third kappa shape index (κ3) is 6.79. The second kappa shape index (κ2) is 10.8. The number of hydrogen-bond acceptors (Lipinski definition) is 7. The highest BCUT2D eigenvalue weighted by atomic mass is 32.1. The van der Waals surface area contributed by atoms with Crippen molar-refractivity contribution in [1.82, 2.24) is 15.2 Å². The number of aliphatic hydroxyl groups is 1. The topological polar surface area (TPSA) is 105 Å². The molecule has 0 radical (unpaired) electrons. The van der Waals surface area contributed by atoms with Crippen LogP contribution in [0.15, 0.2) is 46.2 Å². The molecule has 1 aromatic carbocycles. The van der Waals surface area contributed by atoms with E-state index in [9.17, 15) is 14.7 Å². The van der Waals surface area contributed by atoms with Crippen LogP contribution in [0.3, 0.4) is 0 Å². The van der Waals surface area contributed by atoms with E-state index >= 15 is 0 Å². The Morgan fingerprint density at radius 1 is 1.24 bits per heavy atom. The molecule has 0 aliphatic carbocycles. The van der Waals surface area contributed by atoms with Gasteiger partial charge in [-0.05, 0) is 50.8 Å². The lowest BCUT2D eigenvalue weighted by Crippen LogP contribution is -2.51. The number of nitrogens with zero attached hydrogens (tertiary/aromatic N) is 2. The highest BCUT2D eigenvalue weighted by Crippen LogP contribution is 2.24. The van der Waals surface area contributed by atoms with Crippen LogP contribution >= 0.6 is 11.3 Å². The van der Waals surface area contributed by atoms with Crippen LogP contribution < -0.4 is 5.32 Å². The van der Waals surface area contributed by atoms with Crippen LogP contribution in [0.2, 0.25) is 0 Å². The molecule has 3 aromatic rings. The van der Waals surface area contributed by atoms with Crippen LogP contribution in [0.4, 0.5) is 4.79 Å². The molecule has 0 bridgehead atoms. The zero-order chi connectivity index (χ0) is 24.0. The summed E-state index contributed by atoms with van der Waals surface area (Å²) in [6.45, 7) is 7.55. The Labute approximate surface area is 197 Å². The molecule has 0 spiro atoms. The highest BCUT2D eigenvalue weighted by molar-refractivity contribution is 7.09. The first-order valence-electron chi connectivity index (χ1n) is 11.0. The predicted molar refractivity (Wildman–Crippen MR) is 127 cm³/mol. The zero-order valence-electron chi connectivity index (χ0n) is 19.4. The molecule has 0 saturated carbocycles. The van der Waals surface area contributed by atoms with Gasteiger partial charge in [0, 0.05) is 17.8 Å². The minimum absolute atomic E-state index is 0.0350. The average Bonchev–Trinajstić information content (AvgIpc) is 3.41. The van der Waals surface area contributed by atoms with Crippen molar-refractivity contribution in [3.63, 3.8) is 0 Å². The molecule has 2 aromatic heterocycles. The standard InChI is InChI=1S/C24H31N3O5S/c1-5-6-13-27(22(29)20-25-17-11-7-8-12-19(17)31-20)21(28)18(15-16-10-9-14-33-16)26-23(30)32-24(2,3)4/h7-12,14,18,22,29H,5-6,13,15H2,1-4H3,(H,26,30). The number of unbranched alkanes of at least 4 members (excludes halogenated alkanes) is 1. The SMILES string of the molecule is CCCCN(C(=O)C(Cc1cccs1)NC(=O)OC(C)(C)C)C(O)c1nc2ccccc2o1. The number of aromatic nitrogens is 1. The van der Waals surface area contributed by atoms with E-state index in [-0.39, 0.29) is 18.9 Å². The molecule has 33 heavy (non-hydrogen) atoms. The molecular formula is C24H31N3O5S. The number of ether oxygens (including phenoxy) is 1. The van der Waals surface area contributed by atoms with Gasteiger partial charge in [0.2, 0.25) is 18.0 Å². The van der Waals surface area contributed by atoms with Gasteiger partial charge in [-0.15, -0.1) is 11.3 Å². The number of benzene rings is 1. The summed E-state index contributed by atoms with van der Waals surface area (Å²) in [5, 5.41) is 15.7. The van der Waals surface area contributed by atoms with Crippen molar-refractivity contribution >= 4 is 34.4 Å². The fourth-order valence-corrected chi connectivity index (χ4v) is 4.05. The monoisotopic (exact) mass is 473 g/mol. The molecule has 0 fully saturated rings. The van der Waals surface area contributed by atoms with E-state index < -0.39 is 29.9 Å². The van der Waals surface area contributed by atoms with Crippen LogP contribution in [-0.2, 0) is 16.0 Å². The third-order valence-electron chi connectivity index (χ3n) is 4.84. The van der Waals surface area contributed by atoms with Gasteiger partial charge in [0.25, 0.3) is 0 Å². The fraction of sp³-hybridized carbons (Fsp3) is 0.458. The normalized spacial score (nSPS) is 13.5. The van der Waals surface area contributed by atoms with Gasteiger partial charge in [-0.25, -0.2) is 9.78 Å². The van der Waals surface area contributed by atoms with Gasteiger partial charge >= 0.3 is 6.09 Å². The number of rotatable bonds is 9. The van der Waals surface area contributed by atoms with Crippen molar-refractivity contribution in [3.05, 3.63) is 52.5 Å². The molecule has 2 N–H and O–H groups in total. The van der Waals surface area contributed by atoms with Crippen LogP contribution in [0.1, 0.15) is 57.5 Å². The summed E-state index contributed by atoms with van der Waals surface area (Å²) in [6, 6.07) is 10.0. The number of hydrogen-bond donors (Lipinski definition) is 2. The number of oxazole rings is 1. The molecular weight excluding hydrogens is 442 g/mol. The van der Waals surface area contributed by atoms with Crippen LogP contribution in [-0.4, -0.2) is 45.2 Å². The van der Waals surface area contributed by atoms with E-state index in [1.54, 1.807) is 32.9 Å². The Morgan fingerprint density at radius 2 is 2.00 bits per heavy atom. The summed E-state index contributed by atoms with van der Waals surface area (Å²) >= 11 is 1.49. The lowest BCUT2D eigenvalue weighted by molar-refractivity contribution is -0.146. The Balaban J connectivity index is 1.87. The van der Waals surface area contributed by atoms with E-state index in [0.717, 1.165) is 11.3 Å². The van der Waals surface area contributed by atoms with Gasteiger partial charge < -0.3 is 24.5 Å². The number of aliphatic hydroxyl groups excluding tert-OH is 1. The first-order chi connectivity index (χ1) is 15.7. The number of para-hydroxylation sites is 2. The number of amides is 2. The van der Waals surface area contributed by atoms with Crippen molar-refractivity contribution in [3.8, 4) is 0 Å². The van der Waals surface area contributed by atoms with Crippen molar-refractivity contribution in [1.29, 1.82) is 0 Å². The molecule has 2 heterocycles. The summed E-state index contributed by atoms with van der Waals surface area (Å²) in [5.74, 6) is -0.398. The molecule has 0 aliphatic rings. The summed E-state index contributed by atoms with van der Waals surface area (Å²) in [7, 11) is 0. The number of alkyl carbamates (subject to hydrolysis) is 1. The second-order valence-corrected chi connectivity index (χ2v) is 9.79. The minimum Gasteiger partial charge on any atom is -0.444 e. The summed E-state index contributed by atoms with van der Waals surface area (Å²) in [4.78, 5) is 32.7. The number of thiophene rings is 1. The van der Waals surface area contributed by atoms with Gasteiger partial charge in [-0.2, -0.15) is 0 Å². The van der Waals surface area contributed by atoms with Crippen LogP contribution in [0.5, 0.6) is 0 Å². The van der Waals surface area contributed by atoms with Crippen LogP contribution in [0.25, 0.3) is 11.1 Å². The third-order valence-corrected chi connectivity index (χ3v) is 5.74. The molecule has 2 atom stereocenters. The molecule has 8 nitrogen and oxygen atoms in total. The summed E-state index contributed by atoms with van der Waals surface area (Å²) < 4.78 is 11.1. The van der Waals surface area contributed by atoms with Gasteiger partial charge in [0.15, 0.2) is 5.58 Å². The minimum atomic E-state index is -1.39. The molecule has 2 unspecified atom stereocenters. The quantitative estimate of drug-likeness (QED) is 0.439. The molecule has 0 aliphatic heterocycles. The van der Waals surface area contributed by atoms with Gasteiger partial charge in [-0.1, -0.05) is 31.5 Å². The highest BCUT2D eigenvalue weighted by Gasteiger charge is 2.34. The Morgan fingerprint density at radius 3 is 2.64 bits per heavy atom. The Hall–Kier alpha value is -2.91. The van der Waals surface area contributed by atoms with Crippen molar-refractivity contribution < 1.29 is 23.8 Å². The van der Waals surface area contributed by atoms with E-state index in [1.807, 2.05) is 36.6 Å². The van der Waals surface area contributed by atoms with Crippen molar-refractivity contribution in [2.45, 2.75) is 64.8 Å². The Bertz CT molecular complexity index is 1020. The first kappa shape index (κ1) is 24.7. The maximum absolute atomic E-state index is 13.6. The first-order valence-corrected chi connectivity index (χ1v) is 11.9. The zero-order valence-corrected chi connectivity index (χ0v) is 20.2. The van der Waals surface area contributed by atoms with Gasteiger partial charge in [-0.3, -0.25) is 4.79 Å². The Kier molecular flexibility index (Phi) is 8.10. The number of nitrogens with one attached hydrogen (secondary N) is 1. The maximum Gasteiger partial charge on any atom is 0.408 e. The van der Waals surface area contributed by atoms with Crippen molar-refractivity contribution in [2.24, 2.45) is 0 Å².